The molecule has 2 unspecified atom stereocenters. The Kier molecular flexibility index (Phi) is 5.90. The van der Waals surface area contributed by atoms with Gasteiger partial charge in [0.15, 0.2) is 0 Å². The first-order chi connectivity index (χ1) is 11.7. The van der Waals surface area contributed by atoms with Gasteiger partial charge in [-0.05, 0) is 43.9 Å². The lowest BCUT2D eigenvalue weighted by molar-refractivity contribution is -0.139. The van der Waals surface area contributed by atoms with Crippen molar-refractivity contribution in [3.05, 3.63) is 35.4 Å². The van der Waals surface area contributed by atoms with Crippen molar-refractivity contribution in [3.8, 4) is 0 Å². The summed E-state index contributed by atoms with van der Waals surface area (Å²) < 4.78 is 0. The zero-order valence-corrected chi connectivity index (χ0v) is 15.1. The van der Waals surface area contributed by atoms with Crippen LogP contribution >= 0.6 is 0 Å². The first kappa shape index (κ1) is 17.4. The van der Waals surface area contributed by atoms with Gasteiger partial charge in [-0.15, -0.1) is 0 Å². The van der Waals surface area contributed by atoms with Crippen molar-refractivity contribution in [2.75, 3.05) is 32.7 Å². The molecule has 1 N–H and O–H groups in total. The van der Waals surface area contributed by atoms with Crippen LogP contribution in [-0.4, -0.2) is 54.5 Å². The van der Waals surface area contributed by atoms with E-state index in [2.05, 4.69) is 53.2 Å². The second-order valence-electron chi connectivity index (χ2n) is 7.16. The molecule has 4 nitrogen and oxygen atoms in total. The Morgan fingerprint density at radius 1 is 1.17 bits per heavy atom. The molecule has 0 saturated carbocycles. The van der Waals surface area contributed by atoms with E-state index in [0.717, 1.165) is 44.7 Å². The van der Waals surface area contributed by atoms with Gasteiger partial charge in [-0.3, -0.25) is 9.69 Å². The van der Waals surface area contributed by atoms with Crippen LogP contribution in [0.25, 0.3) is 0 Å². The molecule has 1 aromatic rings. The van der Waals surface area contributed by atoms with Gasteiger partial charge >= 0.3 is 0 Å². The van der Waals surface area contributed by atoms with Crippen LogP contribution < -0.4 is 5.32 Å². The maximum Gasteiger partial charge on any atom is 0.244 e. The molecule has 3 rings (SSSR count). The second kappa shape index (κ2) is 8.13. The van der Waals surface area contributed by atoms with E-state index in [0.29, 0.717) is 6.04 Å². The van der Waals surface area contributed by atoms with Gasteiger partial charge in [0.25, 0.3) is 0 Å². The molecule has 0 aliphatic carbocycles. The highest BCUT2D eigenvalue weighted by Gasteiger charge is 2.35. The highest BCUT2D eigenvalue weighted by molar-refractivity contribution is 5.83. The molecular weight excluding hydrogens is 298 g/mol. The Morgan fingerprint density at radius 2 is 1.88 bits per heavy atom. The maximum atomic E-state index is 13.4. The van der Waals surface area contributed by atoms with E-state index in [1.165, 1.54) is 24.8 Å². The van der Waals surface area contributed by atoms with Crippen molar-refractivity contribution in [1.29, 1.82) is 0 Å². The average molecular weight is 329 g/mol. The number of rotatable bonds is 4. The molecule has 132 valence electrons. The number of carbonyl (C=O) groups excluding carboxylic acids is 1. The zero-order valence-electron chi connectivity index (χ0n) is 15.1. The molecule has 0 aromatic heterocycles. The lowest BCUT2D eigenvalue weighted by atomic mass is 9.95. The SMILES string of the molecule is CCc1ccc(C(C(=O)N2CCNCC2)N2CCCCC2C)cc1. The molecule has 0 bridgehead atoms. The molecule has 4 heteroatoms. The highest BCUT2D eigenvalue weighted by atomic mass is 16.2. The third-order valence-corrected chi connectivity index (χ3v) is 5.55. The maximum absolute atomic E-state index is 13.4. The van der Waals surface area contributed by atoms with Crippen LogP contribution in [0.15, 0.2) is 24.3 Å². The number of nitrogens with one attached hydrogen (secondary N) is 1. The number of piperazine rings is 1. The van der Waals surface area contributed by atoms with Gasteiger partial charge in [0.2, 0.25) is 5.91 Å². The standard InChI is InChI=1S/C20H31N3O/c1-3-17-7-9-18(10-8-17)19(23-13-5-4-6-16(23)2)20(24)22-14-11-21-12-15-22/h7-10,16,19,21H,3-6,11-15H2,1-2H3. The van der Waals surface area contributed by atoms with E-state index in [1.54, 1.807) is 0 Å². The fraction of sp³-hybridized carbons (Fsp3) is 0.650. The molecule has 2 saturated heterocycles. The van der Waals surface area contributed by atoms with Crippen LogP contribution in [0, 0.1) is 0 Å². The van der Waals surface area contributed by atoms with E-state index in [1.807, 2.05) is 0 Å². The monoisotopic (exact) mass is 329 g/mol. The van der Waals surface area contributed by atoms with Crippen LogP contribution in [-0.2, 0) is 11.2 Å². The van der Waals surface area contributed by atoms with E-state index in [9.17, 15) is 4.79 Å². The van der Waals surface area contributed by atoms with Crippen molar-refractivity contribution in [2.24, 2.45) is 0 Å². The van der Waals surface area contributed by atoms with Crippen molar-refractivity contribution < 1.29 is 4.79 Å². The number of piperidine rings is 1. The molecule has 24 heavy (non-hydrogen) atoms. The van der Waals surface area contributed by atoms with E-state index in [4.69, 9.17) is 0 Å². The molecule has 2 fully saturated rings. The molecule has 2 atom stereocenters. The first-order valence-electron chi connectivity index (χ1n) is 9.54. The summed E-state index contributed by atoms with van der Waals surface area (Å²) in [5.74, 6) is 0.287. The number of carbonyl (C=O) groups is 1. The second-order valence-corrected chi connectivity index (χ2v) is 7.16. The minimum Gasteiger partial charge on any atom is -0.338 e. The summed E-state index contributed by atoms with van der Waals surface area (Å²) >= 11 is 0. The number of likely N-dealkylation sites (tertiary alicyclic amines) is 1. The molecule has 1 amide bonds. The Balaban J connectivity index is 1.88. The molecule has 0 spiro atoms. The molecule has 0 radical (unpaired) electrons. The van der Waals surface area contributed by atoms with Crippen LogP contribution in [0.4, 0.5) is 0 Å². The third kappa shape index (κ3) is 3.81. The number of aryl methyl sites for hydroxylation is 1. The Labute approximate surface area is 146 Å². The van der Waals surface area contributed by atoms with Crippen LogP contribution in [0.2, 0.25) is 0 Å². The molecule has 1 aromatic carbocycles. The topological polar surface area (TPSA) is 35.6 Å². The Bertz CT molecular complexity index is 536. The lowest BCUT2D eigenvalue weighted by Gasteiger charge is -2.41. The summed E-state index contributed by atoms with van der Waals surface area (Å²) in [6.07, 6.45) is 4.71. The van der Waals surface area contributed by atoms with Gasteiger partial charge in [0.05, 0.1) is 0 Å². The van der Waals surface area contributed by atoms with Crippen molar-refractivity contribution in [2.45, 2.75) is 51.6 Å². The predicted molar refractivity (Wildman–Crippen MR) is 98.0 cm³/mol. The first-order valence-corrected chi connectivity index (χ1v) is 9.54. The number of amides is 1. The predicted octanol–water partition coefficient (Wildman–Crippen LogP) is 2.60. The molecule has 2 heterocycles. The highest BCUT2D eigenvalue weighted by Crippen LogP contribution is 2.30. The van der Waals surface area contributed by atoms with Crippen molar-refractivity contribution >= 4 is 5.91 Å². The van der Waals surface area contributed by atoms with Gasteiger partial charge in [-0.1, -0.05) is 37.6 Å². The Hall–Kier alpha value is -1.39. The largest absolute Gasteiger partial charge is 0.338 e. The fourth-order valence-corrected chi connectivity index (χ4v) is 3.97. The Morgan fingerprint density at radius 3 is 2.50 bits per heavy atom. The van der Waals surface area contributed by atoms with Gasteiger partial charge < -0.3 is 10.2 Å². The molecule has 2 aliphatic heterocycles. The van der Waals surface area contributed by atoms with Crippen LogP contribution in [0.1, 0.15) is 50.3 Å². The van der Waals surface area contributed by atoms with Crippen molar-refractivity contribution in [3.63, 3.8) is 0 Å². The number of hydrogen-bond donors (Lipinski definition) is 1. The molecular formula is C20H31N3O. The summed E-state index contributed by atoms with van der Waals surface area (Å²) in [4.78, 5) is 17.8. The van der Waals surface area contributed by atoms with Gasteiger partial charge in [0, 0.05) is 32.2 Å². The number of nitrogens with zero attached hydrogens (tertiary/aromatic N) is 2. The van der Waals surface area contributed by atoms with E-state index in [-0.39, 0.29) is 11.9 Å². The summed E-state index contributed by atoms with van der Waals surface area (Å²) in [6.45, 7) is 8.93. The average Bonchev–Trinajstić information content (AvgIpc) is 2.64. The smallest absolute Gasteiger partial charge is 0.244 e. The van der Waals surface area contributed by atoms with Gasteiger partial charge in [-0.25, -0.2) is 0 Å². The van der Waals surface area contributed by atoms with Crippen LogP contribution in [0.3, 0.4) is 0 Å². The minimum atomic E-state index is -0.121. The minimum absolute atomic E-state index is 0.121. The molecule has 2 aliphatic rings. The lowest BCUT2D eigenvalue weighted by Crippen LogP contribution is -2.52. The summed E-state index contributed by atoms with van der Waals surface area (Å²) in [6, 6.07) is 9.06. The van der Waals surface area contributed by atoms with E-state index < -0.39 is 0 Å². The van der Waals surface area contributed by atoms with Crippen LogP contribution in [0.5, 0.6) is 0 Å². The third-order valence-electron chi connectivity index (χ3n) is 5.55. The number of benzene rings is 1. The zero-order chi connectivity index (χ0) is 16.9. The van der Waals surface area contributed by atoms with Crippen molar-refractivity contribution in [1.82, 2.24) is 15.1 Å². The van der Waals surface area contributed by atoms with Gasteiger partial charge in [-0.2, -0.15) is 0 Å². The fourth-order valence-electron chi connectivity index (χ4n) is 3.97. The summed E-state index contributed by atoms with van der Waals surface area (Å²) in [5, 5.41) is 3.34. The quantitative estimate of drug-likeness (QED) is 0.922. The summed E-state index contributed by atoms with van der Waals surface area (Å²) in [5.41, 5.74) is 2.49. The summed E-state index contributed by atoms with van der Waals surface area (Å²) in [7, 11) is 0. The van der Waals surface area contributed by atoms with E-state index >= 15 is 0 Å². The van der Waals surface area contributed by atoms with Gasteiger partial charge in [0.1, 0.15) is 6.04 Å². The number of hydrogen-bond acceptors (Lipinski definition) is 3. The normalized spacial score (nSPS) is 23.9.